The normalized spacial score (nSPS) is 32.0. The number of carbonyl (C=O) groups excluding carboxylic acids is 1. The molecule has 0 heterocycles. The molecule has 0 aromatic heterocycles. The van der Waals surface area contributed by atoms with E-state index in [2.05, 4.69) is 14.1 Å². The van der Waals surface area contributed by atoms with Crippen molar-refractivity contribution in [2.45, 2.75) is 67.5 Å². The zero-order chi connectivity index (χ0) is 25.1. The minimum Gasteiger partial charge on any atom is -0.462 e. The molecule has 4 aliphatic carbocycles. The maximum atomic E-state index is 15.0. The fourth-order valence-corrected chi connectivity index (χ4v) is 6.12. The Hall–Kier alpha value is -1.00. The average Bonchev–Trinajstić information content (AvgIpc) is 2.67. The maximum Gasteiger partial charge on any atom is 0.460 e. The van der Waals surface area contributed by atoms with Gasteiger partial charge in [-0.25, -0.2) is 14.4 Å². The number of halogens is 10. The smallest absolute Gasteiger partial charge is 0.460 e. The van der Waals surface area contributed by atoms with Crippen molar-refractivity contribution in [1.29, 1.82) is 0 Å². The molecule has 0 saturated heterocycles. The summed E-state index contributed by atoms with van der Waals surface area (Å²) in [6, 6.07) is 0. The number of alkyl halides is 10. The average molecular weight is 524 g/mol. The highest BCUT2D eigenvalue weighted by atomic mass is 32.2. The number of hydrogen-bond acceptors (Lipinski definition) is 6. The fraction of sp³-hybridized carbons (Fsp3) is 0.941. The second-order valence-corrected chi connectivity index (χ2v) is 9.90. The second-order valence-electron chi connectivity index (χ2n) is 9.04. The van der Waals surface area contributed by atoms with Gasteiger partial charge < -0.3 is 4.74 Å². The van der Waals surface area contributed by atoms with E-state index in [1.807, 2.05) is 0 Å². The lowest BCUT2D eigenvalue weighted by Crippen LogP contribution is -2.68. The van der Waals surface area contributed by atoms with Gasteiger partial charge in [0.15, 0.2) is 0 Å². The first-order chi connectivity index (χ1) is 14.9. The molecule has 4 bridgehead atoms. The zero-order valence-corrected chi connectivity index (χ0v) is 17.3. The summed E-state index contributed by atoms with van der Waals surface area (Å²) < 4.78 is 142. The summed E-state index contributed by atoms with van der Waals surface area (Å²) in [4.78, 5) is 12.2. The van der Waals surface area contributed by atoms with Gasteiger partial charge in [0.2, 0.25) is 0 Å². The molecule has 1 atom stereocenters. The second kappa shape index (κ2) is 8.29. The summed E-state index contributed by atoms with van der Waals surface area (Å²) >= 11 is -1.73. The minimum absolute atomic E-state index is 0.224. The van der Waals surface area contributed by atoms with Crippen LogP contribution < -0.4 is 0 Å². The molecule has 0 spiro atoms. The van der Waals surface area contributed by atoms with Crippen LogP contribution >= 0.6 is 12.0 Å². The Kier molecular flexibility index (Phi) is 6.69. The standard InChI is InChI=1S/C17H18F10O5S/c18-13(33-32-31-29,14(19,20)15(21,22)16(23,24)17(25,26)27)11(28)30-7-12-4-8-1-9(5-12)3-10(2-8)6-12/h8-10,29H,1-7H2. The molecular formula is C17H18F10O5S. The van der Waals surface area contributed by atoms with E-state index >= 15 is 0 Å². The van der Waals surface area contributed by atoms with E-state index in [0.29, 0.717) is 19.3 Å². The highest BCUT2D eigenvalue weighted by Gasteiger charge is 2.88. The van der Waals surface area contributed by atoms with Crippen LogP contribution in [0.5, 0.6) is 0 Å². The Morgan fingerprint density at radius 1 is 0.818 bits per heavy atom. The van der Waals surface area contributed by atoms with Gasteiger partial charge in [-0.2, -0.15) is 39.5 Å². The molecule has 5 nitrogen and oxygen atoms in total. The van der Waals surface area contributed by atoms with Crippen molar-refractivity contribution in [2.75, 3.05) is 6.61 Å². The number of rotatable bonds is 9. The summed E-state index contributed by atoms with van der Waals surface area (Å²) in [5, 5.41) is 5.13. The highest BCUT2D eigenvalue weighted by molar-refractivity contribution is 7.96. The summed E-state index contributed by atoms with van der Waals surface area (Å²) in [5.41, 5.74) is -0.780. The van der Waals surface area contributed by atoms with Gasteiger partial charge in [0, 0.05) is 5.41 Å². The predicted molar refractivity (Wildman–Crippen MR) is 88.7 cm³/mol. The lowest BCUT2D eigenvalue weighted by atomic mass is 9.50. The summed E-state index contributed by atoms with van der Waals surface area (Å²) in [7, 11) is 0. The van der Waals surface area contributed by atoms with Gasteiger partial charge in [-0.1, -0.05) is 5.04 Å². The first kappa shape index (κ1) is 26.6. The van der Waals surface area contributed by atoms with Crippen molar-refractivity contribution in [3.63, 3.8) is 0 Å². The fourth-order valence-electron chi connectivity index (χ4n) is 5.63. The third-order valence-corrected chi connectivity index (χ3v) is 7.45. The highest BCUT2D eigenvalue weighted by Crippen LogP contribution is 2.62. The number of esters is 1. The molecule has 192 valence electrons. The van der Waals surface area contributed by atoms with Crippen LogP contribution in [-0.4, -0.2) is 46.8 Å². The van der Waals surface area contributed by atoms with Crippen LogP contribution in [0.2, 0.25) is 0 Å². The summed E-state index contributed by atoms with van der Waals surface area (Å²) in [5.74, 6) is -24.2. The van der Waals surface area contributed by atoms with Crippen LogP contribution in [-0.2, 0) is 18.9 Å². The quantitative estimate of drug-likeness (QED) is 0.132. The number of ether oxygens (including phenoxy) is 1. The molecular weight excluding hydrogens is 506 g/mol. The molecule has 0 amide bonds. The van der Waals surface area contributed by atoms with Crippen LogP contribution in [0.3, 0.4) is 0 Å². The molecule has 4 fully saturated rings. The van der Waals surface area contributed by atoms with Crippen LogP contribution in [0, 0.1) is 23.2 Å². The monoisotopic (exact) mass is 524 g/mol. The molecule has 16 heteroatoms. The molecule has 0 radical (unpaired) electrons. The number of hydrogen-bond donors (Lipinski definition) is 1. The summed E-state index contributed by atoms with van der Waals surface area (Å²) in [6.07, 6.45) is -3.18. The SMILES string of the molecule is O=C(OCC12CC3CC(CC(C3)C1)C2)C(F)(SOOO)C(F)(F)C(F)(F)C(F)(F)C(F)(F)F. The minimum atomic E-state index is -7.47. The molecule has 4 saturated carbocycles. The van der Waals surface area contributed by atoms with Gasteiger partial charge in [-0.05, 0) is 56.3 Å². The molecule has 4 aliphatic rings. The van der Waals surface area contributed by atoms with Crippen molar-refractivity contribution >= 4 is 18.0 Å². The summed E-state index contributed by atoms with van der Waals surface area (Å²) in [6.45, 7) is -0.737. The van der Waals surface area contributed by atoms with E-state index in [1.54, 1.807) is 0 Å². The first-order valence-corrected chi connectivity index (χ1v) is 10.4. The van der Waals surface area contributed by atoms with Crippen molar-refractivity contribution in [3.8, 4) is 0 Å². The topological polar surface area (TPSA) is 65.0 Å². The van der Waals surface area contributed by atoms with Crippen molar-refractivity contribution in [2.24, 2.45) is 23.2 Å². The van der Waals surface area contributed by atoms with Gasteiger partial charge in [-0.15, -0.1) is 4.33 Å². The third kappa shape index (κ3) is 4.18. The Morgan fingerprint density at radius 2 is 1.27 bits per heavy atom. The number of carbonyl (C=O) groups is 1. The van der Waals surface area contributed by atoms with Crippen molar-refractivity contribution in [1.82, 2.24) is 0 Å². The zero-order valence-electron chi connectivity index (χ0n) is 16.4. The van der Waals surface area contributed by atoms with Crippen LogP contribution in [0.1, 0.15) is 38.5 Å². The lowest BCUT2D eigenvalue weighted by Gasteiger charge is -2.56. The largest absolute Gasteiger partial charge is 0.462 e. The van der Waals surface area contributed by atoms with Crippen molar-refractivity contribution in [3.05, 3.63) is 0 Å². The van der Waals surface area contributed by atoms with Crippen LogP contribution in [0.25, 0.3) is 0 Å². The Labute approximate surface area is 184 Å². The van der Waals surface area contributed by atoms with Crippen molar-refractivity contribution < 1.29 is 68.1 Å². The van der Waals surface area contributed by atoms with E-state index < -0.39 is 59.0 Å². The maximum absolute atomic E-state index is 15.0. The van der Waals surface area contributed by atoms with E-state index in [0.717, 1.165) is 19.3 Å². The molecule has 0 aromatic carbocycles. The van der Waals surface area contributed by atoms with Gasteiger partial charge in [0.1, 0.15) is 0 Å². The van der Waals surface area contributed by atoms with Crippen LogP contribution in [0.15, 0.2) is 0 Å². The van der Waals surface area contributed by atoms with E-state index in [4.69, 9.17) is 5.26 Å². The molecule has 0 aliphatic heterocycles. The Balaban J connectivity index is 1.85. The Morgan fingerprint density at radius 3 is 1.67 bits per heavy atom. The van der Waals surface area contributed by atoms with Gasteiger partial charge >= 0.3 is 34.9 Å². The lowest BCUT2D eigenvalue weighted by molar-refractivity contribution is -0.435. The van der Waals surface area contributed by atoms with E-state index in [-0.39, 0.29) is 17.8 Å². The molecule has 1 unspecified atom stereocenters. The van der Waals surface area contributed by atoms with Gasteiger partial charge in [-0.3, -0.25) is 0 Å². The van der Waals surface area contributed by atoms with Gasteiger partial charge in [0.25, 0.3) is 0 Å². The first-order valence-electron chi connectivity index (χ1n) is 9.65. The molecule has 33 heavy (non-hydrogen) atoms. The molecule has 4 rings (SSSR count). The van der Waals surface area contributed by atoms with Gasteiger partial charge in [0.05, 0.1) is 18.6 Å². The third-order valence-electron chi connectivity index (χ3n) is 6.66. The van der Waals surface area contributed by atoms with E-state index in [1.165, 1.54) is 0 Å². The Bertz CT molecular complexity index is 726. The molecule has 1 N–H and O–H groups in total. The molecule has 0 aromatic rings. The van der Waals surface area contributed by atoms with Crippen LogP contribution in [0.4, 0.5) is 43.9 Å². The van der Waals surface area contributed by atoms with E-state index in [9.17, 15) is 48.7 Å². The predicted octanol–water partition coefficient (Wildman–Crippen LogP) is 5.95.